The van der Waals surface area contributed by atoms with Crippen LogP contribution in [0.3, 0.4) is 0 Å². The highest BCUT2D eigenvalue weighted by molar-refractivity contribution is 6.33. The fourth-order valence-electron chi connectivity index (χ4n) is 4.82. The van der Waals surface area contributed by atoms with Crippen molar-refractivity contribution in [2.24, 2.45) is 0 Å². The lowest BCUT2D eigenvalue weighted by atomic mass is 10.1. The fraction of sp³-hybridized carbons (Fsp3) is 0.259. The Hall–Kier alpha value is -4.49. The van der Waals surface area contributed by atoms with Gasteiger partial charge in [-0.3, -0.25) is 14.5 Å². The zero-order valence-electron chi connectivity index (χ0n) is 21.7. The lowest BCUT2D eigenvalue weighted by molar-refractivity contribution is -0.120. The van der Waals surface area contributed by atoms with E-state index in [-0.39, 0.29) is 28.7 Å². The van der Waals surface area contributed by atoms with E-state index < -0.39 is 29.5 Å². The Morgan fingerprint density at radius 2 is 2.02 bits per heavy atom. The summed E-state index contributed by atoms with van der Waals surface area (Å²) in [7, 11) is 1.61. The SMILES string of the molecule is CN1C(=O)C(NC(=O)c2ncc(Cl)c(-c3ccc(F)cc3F)n2)COc2ccc(CN3CCn4ncnc4C3)cc21. The van der Waals surface area contributed by atoms with Crippen LogP contribution >= 0.6 is 11.6 Å². The molecule has 0 aliphatic carbocycles. The number of carbonyl (C=O) groups is 2. The number of hydrogen-bond acceptors (Lipinski definition) is 8. The second-order valence-electron chi connectivity index (χ2n) is 9.66. The summed E-state index contributed by atoms with van der Waals surface area (Å²) in [5.41, 5.74) is 1.37. The highest BCUT2D eigenvalue weighted by atomic mass is 35.5. The summed E-state index contributed by atoms with van der Waals surface area (Å²) in [5, 5.41) is 6.78. The standard InChI is InChI=1S/C27H23ClF2N8O3/c1-36-21-8-15(11-37-6-7-38-23(12-37)32-14-33-38)2-5-22(21)41-13-20(27(36)40)34-26(39)25-31-10-18(28)24(35-25)17-4-3-16(29)9-19(17)30/h2-5,8-10,14,20H,6-7,11-13H2,1H3,(H,34,39). The van der Waals surface area contributed by atoms with Crippen LogP contribution in [0.5, 0.6) is 5.75 Å². The van der Waals surface area contributed by atoms with E-state index in [9.17, 15) is 18.4 Å². The van der Waals surface area contributed by atoms with Gasteiger partial charge in [0.2, 0.25) is 5.82 Å². The molecular formula is C27H23ClF2N8O3. The predicted octanol–water partition coefficient (Wildman–Crippen LogP) is 2.84. The van der Waals surface area contributed by atoms with Gasteiger partial charge >= 0.3 is 0 Å². The minimum Gasteiger partial charge on any atom is -0.489 e. The largest absolute Gasteiger partial charge is 0.489 e. The number of nitrogens with zero attached hydrogens (tertiary/aromatic N) is 7. The molecule has 0 radical (unpaired) electrons. The van der Waals surface area contributed by atoms with Gasteiger partial charge in [0.1, 0.15) is 42.2 Å². The van der Waals surface area contributed by atoms with E-state index in [0.29, 0.717) is 30.6 Å². The molecule has 0 fully saturated rings. The molecule has 1 N–H and O–H groups in total. The Morgan fingerprint density at radius 1 is 1.17 bits per heavy atom. The molecule has 4 heterocycles. The molecule has 1 atom stereocenters. The third-order valence-electron chi connectivity index (χ3n) is 6.95. The average molecular weight is 581 g/mol. The van der Waals surface area contributed by atoms with Crippen LogP contribution in [-0.2, 0) is 24.4 Å². The summed E-state index contributed by atoms with van der Waals surface area (Å²) >= 11 is 6.14. The highest BCUT2D eigenvalue weighted by Crippen LogP contribution is 2.33. The first-order valence-corrected chi connectivity index (χ1v) is 13.1. The lowest BCUT2D eigenvalue weighted by Crippen LogP contribution is -2.49. The Bertz CT molecular complexity index is 1670. The number of carbonyl (C=O) groups excluding carboxylic acids is 2. The summed E-state index contributed by atoms with van der Waals surface area (Å²) in [4.78, 5) is 42.4. The highest BCUT2D eigenvalue weighted by Gasteiger charge is 2.32. The summed E-state index contributed by atoms with van der Waals surface area (Å²) in [6.45, 7) is 2.75. The maximum atomic E-state index is 14.4. The Labute approximate surface area is 237 Å². The molecular weight excluding hydrogens is 558 g/mol. The molecule has 6 rings (SSSR count). The predicted molar refractivity (Wildman–Crippen MR) is 143 cm³/mol. The van der Waals surface area contributed by atoms with E-state index in [2.05, 4.69) is 30.3 Å². The molecule has 4 aromatic rings. The quantitative estimate of drug-likeness (QED) is 0.383. The van der Waals surface area contributed by atoms with Gasteiger partial charge in [-0.2, -0.15) is 5.10 Å². The number of likely N-dealkylation sites (N-methyl/N-ethyl adjacent to an activating group) is 1. The van der Waals surface area contributed by atoms with Gasteiger partial charge in [-0.15, -0.1) is 0 Å². The second-order valence-corrected chi connectivity index (χ2v) is 10.1. The summed E-state index contributed by atoms with van der Waals surface area (Å²) in [5.74, 6) is -1.80. The normalized spacial score (nSPS) is 16.9. The monoisotopic (exact) mass is 580 g/mol. The molecule has 210 valence electrons. The maximum Gasteiger partial charge on any atom is 0.289 e. The number of nitrogens with one attached hydrogen (secondary N) is 1. The van der Waals surface area contributed by atoms with E-state index in [1.54, 1.807) is 19.4 Å². The maximum absolute atomic E-state index is 14.4. The number of hydrogen-bond donors (Lipinski definition) is 1. The van der Waals surface area contributed by atoms with Gasteiger partial charge in [0.25, 0.3) is 11.8 Å². The molecule has 11 nitrogen and oxygen atoms in total. The molecule has 41 heavy (non-hydrogen) atoms. The van der Waals surface area contributed by atoms with Crippen LogP contribution in [0.4, 0.5) is 14.5 Å². The Morgan fingerprint density at radius 3 is 2.85 bits per heavy atom. The molecule has 14 heteroatoms. The van der Waals surface area contributed by atoms with Gasteiger partial charge < -0.3 is 15.0 Å². The third-order valence-corrected chi connectivity index (χ3v) is 7.23. The van der Waals surface area contributed by atoms with Crippen LogP contribution in [0.15, 0.2) is 48.9 Å². The number of aromatic nitrogens is 5. The van der Waals surface area contributed by atoms with E-state index in [4.69, 9.17) is 16.3 Å². The molecule has 2 amide bonds. The summed E-state index contributed by atoms with van der Waals surface area (Å²) < 4.78 is 35.5. The van der Waals surface area contributed by atoms with Gasteiger partial charge in [0.05, 0.1) is 35.7 Å². The molecule has 2 aromatic heterocycles. The van der Waals surface area contributed by atoms with Crippen molar-refractivity contribution in [3.63, 3.8) is 0 Å². The van der Waals surface area contributed by atoms with Crippen LogP contribution in [0.1, 0.15) is 22.0 Å². The first-order chi connectivity index (χ1) is 19.8. The molecule has 2 aliphatic rings. The molecule has 2 aliphatic heterocycles. The number of halogens is 3. The number of rotatable bonds is 5. The first-order valence-electron chi connectivity index (χ1n) is 12.7. The van der Waals surface area contributed by atoms with Crippen LogP contribution in [0.25, 0.3) is 11.3 Å². The molecule has 0 bridgehead atoms. The topological polar surface area (TPSA) is 118 Å². The van der Waals surface area contributed by atoms with E-state index in [1.165, 1.54) is 11.0 Å². The van der Waals surface area contributed by atoms with Crippen molar-refractivity contribution in [1.29, 1.82) is 0 Å². The van der Waals surface area contributed by atoms with Gasteiger partial charge in [-0.25, -0.2) is 28.4 Å². The van der Waals surface area contributed by atoms with Crippen molar-refractivity contribution in [2.75, 3.05) is 25.1 Å². The lowest BCUT2D eigenvalue weighted by Gasteiger charge is -2.27. The zero-order valence-corrected chi connectivity index (χ0v) is 22.5. The van der Waals surface area contributed by atoms with E-state index in [0.717, 1.165) is 36.7 Å². The van der Waals surface area contributed by atoms with Crippen molar-refractivity contribution in [3.8, 4) is 17.0 Å². The van der Waals surface area contributed by atoms with Crippen molar-refractivity contribution in [1.82, 2.24) is 34.9 Å². The molecule has 0 saturated carbocycles. The average Bonchev–Trinajstić information content (AvgIpc) is 3.39. The van der Waals surface area contributed by atoms with Gasteiger partial charge in [0.15, 0.2) is 0 Å². The van der Waals surface area contributed by atoms with Crippen LogP contribution < -0.4 is 15.0 Å². The molecule has 0 spiro atoms. The number of ether oxygens (including phenoxy) is 1. The van der Waals surface area contributed by atoms with Gasteiger partial charge in [-0.05, 0) is 29.8 Å². The zero-order chi connectivity index (χ0) is 28.7. The van der Waals surface area contributed by atoms with Crippen molar-refractivity contribution in [3.05, 3.63) is 82.8 Å². The minimum atomic E-state index is -1.05. The van der Waals surface area contributed by atoms with E-state index in [1.807, 2.05) is 16.8 Å². The Kier molecular flexibility index (Phi) is 7.05. The third kappa shape index (κ3) is 5.33. The summed E-state index contributed by atoms with van der Waals surface area (Å²) in [6, 6.07) is 7.49. The second kappa shape index (κ2) is 10.8. The van der Waals surface area contributed by atoms with Crippen molar-refractivity contribution >= 4 is 29.1 Å². The molecule has 0 saturated heterocycles. The van der Waals surface area contributed by atoms with Gasteiger partial charge in [-0.1, -0.05) is 17.7 Å². The Balaban J connectivity index is 1.17. The fourth-order valence-corrected chi connectivity index (χ4v) is 5.01. The molecule has 1 unspecified atom stereocenters. The number of benzene rings is 2. The van der Waals surface area contributed by atoms with Crippen molar-refractivity contribution in [2.45, 2.75) is 25.7 Å². The van der Waals surface area contributed by atoms with Crippen LogP contribution in [0, 0.1) is 11.6 Å². The summed E-state index contributed by atoms with van der Waals surface area (Å²) in [6.07, 6.45) is 2.69. The van der Waals surface area contributed by atoms with E-state index >= 15 is 0 Å². The van der Waals surface area contributed by atoms with Crippen LogP contribution in [-0.4, -0.2) is 67.7 Å². The minimum absolute atomic E-state index is 0.0293. The van der Waals surface area contributed by atoms with Crippen LogP contribution in [0.2, 0.25) is 5.02 Å². The number of anilines is 1. The number of amides is 2. The number of fused-ring (bicyclic) bond motifs is 2. The molecule has 2 aromatic carbocycles. The van der Waals surface area contributed by atoms with Crippen molar-refractivity contribution < 1.29 is 23.1 Å². The smallest absolute Gasteiger partial charge is 0.289 e. The van der Waals surface area contributed by atoms with Gasteiger partial charge in [0, 0.05) is 31.8 Å². The first kappa shape index (κ1) is 26.7.